The number of nitrogens with zero attached hydrogens (tertiary/aromatic N) is 3. The summed E-state index contributed by atoms with van der Waals surface area (Å²) >= 11 is 1.05. The largest absolute Gasteiger partial charge is 0.461 e. The molecular weight excluding hydrogens is 437 g/mol. The van der Waals surface area contributed by atoms with Crippen LogP contribution in [0, 0.1) is 0 Å². The Kier molecular flexibility index (Phi) is 7.00. The Morgan fingerprint density at radius 3 is 2.65 bits per heavy atom. The molecule has 8 nitrogen and oxygen atoms in total. The average Bonchev–Trinajstić information content (AvgIpc) is 3.39. The number of carbonyl (C=O) groups excluding carboxylic acids is 2. The van der Waals surface area contributed by atoms with E-state index in [2.05, 4.69) is 15.5 Å². The fourth-order valence-electron chi connectivity index (χ4n) is 2.61. The lowest BCUT2D eigenvalue weighted by Crippen LogP contribution is -2.23. The third-order valence-corrected chi connectivity index (χ3v) is 4.90. The topological polar surface area (TPSA) is 99.2 Å². The molecule has 0 aliphatic rings. The first-order chi connectivity index (χ1) is 14.8. The molecule has 0 unspecified atom stereocenters. The third-order valence-electron chi connectivity index (χ3n) is 3.96. The van der Waals surface area contributed by atoms with Crippen LogP contribution >= 0.6 is 11.8 Å². The molecule has 31 heavy (non-hydrogen) atoms. The molecule has 2 aromatic heterocycles. The van der Waals surface area contributed by atoms with Crippen molar-refractivity contribution >= 4 is 29.3 Å². The summed E-state index contributed by atoms with van der Waals surface area (Å²) in [6, 6.07) is 7.98. The molecule has 2 heterocycles. The summed E-state index contributed by atoms with van der Waals surface area (Å²) in [6.45, 7) is 1.69. The van der Waals surface area contributed by atoms with Crippen molar-refractivity contribution in [1.29, 1.82) is 0 Å². The predicted octanol–water partition coefficient (Wildman–Crippen LogP) is 3.85. The number of carbonyl (C=O) groups is 2. The van der Waals surface area contributed by atoms with Crippen molar-refractivity contribution in [3.63, 3.8) is 0 Å². The maximum absolute atomic E-state index is 13.0. The number of furan rings is 1. The second-order valence-electron chi connectivity index (χ2n) is 6.07. The van der Waals surface area contributed by atoms with E-state index < -0.39 is 35.9 Å². The number of anilines is 1. The second kappa shape index (κ2) is 9.69. The van der Waals surface area contributed by atoms with Crippen molar-refractivity contribution in [3.05, 3.63) is 48.2 Å². The number of ether oxygens (including phenoxy) is 1. The van der Waals surface area contributed by atoms with Gasteiger partial charge >= 0.3 is 12.1 Å². The zero-order valence-corrected chi connectivity index (χ0v) is 17.0. The van der Waals surface area contributed by atoms with Crippen molar-refractivity contribution in [2.75, 3.05) is 17.7 Å². The number of thioether (sulfide) groups is 1. The Morgan fingerprint density at radius 2 is 1.97 bits per heavy atom. The summed E-state index contributed by atoms with van der Waals surface area (Å²) in [6.07, 6.45) is -3.12. The van der Waals surface area contributed by atoms with Crippen LogP contribution in [-0.4, -0.2) is 39.0 Å². The van der Waals surface area contributed by atoms with Crippen LogP contribution in [-0.2, 0) is 27.0 Å². The fraction of sp³-hybridized carbons (Fsp3) is 0.263. The molecule has 0 aliphatic heterocycles. The first-order valence-electron chi connectivity index (χ1n) is 9.01. The van der Waals surface area contributed by atoms with E-state index >= 15 is 0 Å². The number of halogens is 3. The van der Waals surface area contributed by atoms with Crippen molar-refractivity contribution < 1.29 is 31.9 Å². The molecule has 3 aromatic rings. The molecule has 164 valence electrons. The van der Waals surface area contributed by atoms with E-state index in [1.54, 1.807) is 16.7 Å². The molecule has 0 bridgehead atoms. The molecule has 1 N–H and O–H groups in total. The van der Waals surface area contributed by atoms with Crippen LogP contribution in [0.2, 0.25) is 0 Å². The first-order valence-corrected chi connectivity index (χ1v) is 9.99. The van der Waals surface area contributed by atoms with E-state index in [-0.39, 0.29) is 5.75 Å². The van der Waals surface area contributed by atoms with Gasteiger partial charge in [0.1, 0.15) is 0 Å². The SMILES string of the molecule is CCn1c(SCC(=O)OCC(=O)Nc2ccccc2C(F)(F)F)nnc1-c1ccco1. The Hall–Kier alpha value is -3.28. The number of nitrogens with one attached hydrogen (secondary N) is 1. The lowest BCUT2D eigenvalue weighted by Gasteiger charge is -2.13. The predicted molar refractivity (Wildman–Crippen MR) is 105 cm³/mol. The van der Waals surface area contributed by atoms with Crippen LogP contribution in [0.15, 0.2) is 52.2 Å². The van der Waals surface area contributed by atoms with Gasteiger partial charge in [0.15, 0.2) is 23.3 Å². The summed E-state index contributed by atoms with van der Waals surface area (Å²) in [5.74, 6) is -0.741. The maximum Gasteiger partial charge on any atom is 0.418 e. The van der Waals surface area contributed by atoms with E-state index in [0.29, 0.717) is 23.3 Å². The summed E-state index contributed by atoms with van der Waals surface area (Å²) in [5.41, 5.74) is -1.40. The molecular formula is C19H17F3N4O4S. The lowest BCUT2D eigenvalue weighted by atomic mass is 10.1. The van der Waals surface area contributed by atoms with Crippen LogP contribution in [0.5, 0.6) is 0 Å². The van der Waals surface area contributed by atoms with Crippen LogP contribution in [0.3, 0.4) is 0 Å². The van der Waals surface area contributed by atoms with Gasteiger partial charge in [-0.2, -0.15) is 13.2 Å². The highest BCUT2D eigenvalue weighted by atomic mass is 32.2. The monoisotopic (exact) mass is 454 g/mol. The molecule has 3 rings (SSSR count). The number of rotatable bonds is 8. The van der Waals surface area contributed by atoms with Gasteiger partial charge in [0, 0.05) is 6.54 Å². The van der Waals surface area contributed by atoms with Gasteiger partial charge in [0.2, 0.25) is 0 Å². The van der Waals surface area contributed by atoms with Gasteiger partial charge in [-0.15, -0.1) is 10.2 Å². The molecule has 0 saturated carbocycles. The van der Waals surface area contributed by atoms with Crippen LogP contribution in [0.1, 0.15) is 12.5 Å². The highest BCUT2D eigenvalue weighted by molar-refractivity contribution is 7.99. The zero-order valence-electron chi connectivity index (χ0n) is 16.2. The molecule has 1 amide bonds. The fourth-order valence-corrected chi connectivity index (χ4v) is 3.41. The number of alkyl halides is 3. The zero-order chi connectivity index (χ0) is 22.4. The van der Waals surface area contributed by atoms with Gasteiger partial charge in [-0.3, -0.25) is 14.2 Å². The normalized spacial score (nSPS) is 11.4. The van der Waals surface area contributed by atoms with Gasteiger partial charge in [-0.1, -0.05) is 23.9 Å². The molecule has 0 atom stereocenters. The molecule has 0 spiro atoms. The van der Waals surface area contributed by atoms with Crippen molar-refractivity contribution in [3.8, 4) is 11.6 Å². The standard InChI is InChI=1S/C19H17F3N4O4S/c1-2-26-17(14-8-5-9-29-14)24-25-18(26)31-11-16(28)30-10-15(27)23-13-7-4-3-6-12(13)19(20,21)22/h3-9H,2,10-11H2,1H3,(H,23,27). The second-order valence-corrected chi connectivity index (χ2v) is 7.01. The van der Waals surface area contributed by atoms with Crippen LogP contribution in [0.4, 0.5) is 18.9 Å². The first kappa shape index (κ1) is 22.4. The van der Waals surface area contributed by atoms with Crippen molar-refractivity contribution in [2.45, 2.75) is 24.8 Å². The highest BCUT2D eigenvalue weighted by Crippen LogP contribution is 2.34. The van der Waals surface area contributed by atoms with Crippen molar-refractivity contribution in [1.82, 2.24) is 14.8 Å². The number of hydrogen-bond acceptors (Lipinski definition) is 7. The molecule has 1 aromatic carbocycles. The number of esters is 1. The number of hydrogen-bond donors (Lipinski definition) is 1. The number of benzene rings is 1. The Bertz CT molecular complexity index is 1050. The average molecular weight is 454 g/mol. The summed E-state index contributed by atoms with van der Waals surface area (Å²) < 4.78 is 50.8. The molecule has 0 radical (unpaired) electrons. The number of para-hydroxylation sites is 1. The number of amides is 1. The van der Waals surface area contributed by atoms with Crippen molar-refractivity contribution in [2.24, 2.45) is 0 Å². The Labute approximate surface area is 178 Å². The minimum absolute atomic E-state index is 0.164. The van der Waals surface area contributed by atoms with E-state index in [4.69, 9.17) is 9.15 Å². The molecule has 0 fully saturated rings. The van der Waals surface area contributed by atoms with E-state index in [0.717, 1.165) is 23.9 Å². The minimum Gasteiger partial charge on any atom is -0.461 e. The van der Waals surface area contributed by atoms with Gasteiger partial charge < -0.3 is 14.5 Å². The summed E-state index contributed by atoms with van der Waals surface area (Å²) in [4.78, 5) is 23.9. The lowest BCUT2D eigenvalue weighted by molar-refractivity contribution is -0.144. The van der Waals surface area contributed by atoms with E-state index in [9.17, 15) is 22.8 Å². The minimum atomic E-state index is -4.62. The van der Waals surface area contributed by atoms with Gasteiger partial charge in [-0.25, -0.2) is 0 Å². The molecule has 0 saturated heterocycles. The number of aromatic nitrogens is 3. The smallest absolute Gasteiger partial charge is 0.418 e. The van der Waals surface area contributed by atoms with Gasteiger partial charge in [0.25, 0.3) is 5.91 Å². The van der Waals surface area contributed by atoms with Gasteiger partial charge in [0.05, 0.1) is 23.3 Å². The van der Waals surface area contributed by atoms with E-state index in [1.807, 2.05) is 6.92 Å². The summed E-state index contributed by atoms with van der Waals surface area (Å²) in [7, 11) is 0. The highest BCUT2D eigenvalue weighted by Gasteiger charge is 2.33. The third kappa shape index (κ3) is 5.66. The Morgan fingerprint density at radius 1 is 1.19 bits per heavy atom. The molecule has 12 heteroatoms. The maximum atomic E-state index is 13.0. The quantitative estimate of drug-likeness (QED) is 0.408. The molecule has 0 aliphatic carbocycles. The summed E-state index contributed by atoms with van der Waals surface area (Å²) in [5, 5.41) is 10.6. The van der Waals surface area contributed by atoms with Gasteiger partial charge in [-0.05, 0) is 31.2 Å². The van der Waals surface area contributed by atoms with Crippen LogP contribution < -0.4 is 5.32 Å². The van der Waals surface area contributed by atoms with E-state index in [1.165, 1.54) is 18.4 Å². The Balaban J connectivity index is 1.52. The van der Waals surface area contributed by atoms with Crippen LogP contribution in [0.25, 0.3) is 11.6 Å².